The molecule has 0 radical (unpaired) electrons. The lowest BCUT2D eigenvalue weighted by Crippen LogP contribution is -2.38. The van der Waals surface area contributed by atoms with Crippen molar-refractivity contribution in [1.82, 2.24) is 5.32 Å². The van der Waals surface area contributed by atoms with Crippen molar-refractivity contribution >= 4 is 11.0 Å². The topological polar surface area (TPSA) is 54.6 Å². The predicted molar refractivity (Wildman–Crippen MR) is 95.2 cm³/mol. The number of rotatable bonds is 7. The Morgan fingerprint density at radius 2 is 1.83 bits per heavy atom. The van der Waals surface area contributed by atoms with Crippen LogP contribution in [0.5, 0.6) is 5.75 Å². The Bertz CT molecular complexity index is 746. The van der Waals surface area contributed by atoms with Crippen LogP contribution in [-0.2, 0) is 12.8 Å². The van der Waals surface area contributed by atoms with Crippen LogP contribution in [-0.4, -0.2) is 24.5 Å². The van der Waals surface area contributed by atoms with Gasteiger partial charge in [-0.2, -0.15) is 0 Å². The van der Waals surface area contributed by atoms with Crippen LogP contribution >= 0.6 is 0 Å². The minimum absolute atomic E-state index is 0.151. The molecule has 0 bridgehead atoms. The molecule has 2 atom stereocenters. The summed E-state index contributed by atoms with van der Waals surface area (Å²) in [5.74, 6) is 1.64. The summed E-state index contributed by atoms with van der Waals surface area (Å²) in [7, 11) is 1.66. The quantitative estimate of drug-likeness (QED) is 0.653. The van der Waals surface area contributed by atoms with E-state index < -0.39 is 6.23 Å². The standard InChI is InChI=1S/C20H23NO3/c1-14(11-15-7-9-17(23-2)10-8-15)21-20(22)13-18-12-16-5-3-4-6-19(16)24-18/h3-10,12,14,20-22H,11,13H2,1-2H3. The van der Waals surface area contributed by atoms with Crippen LogP contribution in [0.15, 0.2) is 59.0 Å². The van der Waals surface area contributed by atoms with Gasteiger partial charge in [-0.05, 0) is 43.2 Å². The van der Waals surface area contributed by atoms with Crippen molar-refractivity contribution in [3.05, 3.63) is 65.9 Å². The molecule has 4 heteroatoms. The fraction of sp³-hybridized carbons (Fsp3) is 0.300. The van der Waals surface area contributed by atoms with Gasteiger partial charge in [0.1, 0.15) is 23.3 Å². The number of aliphatic hydroxyl groups excluding tert-OH is 1. The molecule has 0 saturated carbocycles. The summed E-state index contributed by atoms with van der Waals surface area (Å²) in [4.78, 5) is 0. The first-order chi connectivity index (χ1) is 11.6. The van der Waals surface area contributed by atoms with E-state index in [0.717, 1.165) is 28.9 Å². The number of para-hydroxylation sites is 1. The van der Waals surface area contributed by atoms with Gasteiger partial charge in [0.25, 0.3) is 0 Å². The molecule has 126 valence electrons. The normalized spacial score (nSPS) is 13.8. The number of nitrogens with one attached hydrogen (secondary N) is 1. The molecule has 3 aromatic rings. The van der Waals surface area contributed by atoms with Gasteiger partial charge < -0.3 is 14.3 Å². The van der Waals surface area contributed by atoms with Crippen molar-refractivity contribution in [2.75, 3.05) is 7.11 Å². The van der Waals surface area contributed by atoms with Crippen LogP contribution in [0.3, 0.4) is 0 Å². The van der Waals surface area contributed by atoms with Gasteiger partial charge in [0.2, 0.25) is 0 Å². The number of methoxy groups -OCH3 is 1. The van der Waals surface area contributed by atoms with Crippen molar-refractivity contribution in [3.8, 4) is 5.75 Å². The van der Waals surface area contributed by atoms with Crippen LogP contribution in [0.25, 0.3) is 11.0 Å². The maximum Gasteiger partial charge on any atom is 0.134 e. The molecule has 1 aromatic heterocycles. The van der Waals surface area contributed by atoms with E-state index in [1.807, 2.05) is 54.6 Å². The van der Waals surface area contributed by atoms with Crippen LogP contribution in [0.1, 0.15) is 18.2 Å². The van der Waals surface area contributed by atoms with E-state index in [4.69, 9.17) is 9.15 Å². The average molecular weight is 325 g/mol. The summed E-state index contributed by atoms with van der Waals surface area (Å²) in [6, 6.07) is 18.0. The molecule has 0 aliphatic carbocycles. The van der Waals surface area contributed by atoms with E-state index in [1.54, 1.807) is 7.11 Å². The third-order valence-corrected chi connectivity index (χ3v) is 4.05. The van der Waals surface area contributed by atoms with Crippen molar-refractivity contribution in [3.63, 3.8) is 0 Å². The highest BCUT2D eigenvalue weighted by Gasteiger charge is 2.13. The second-order valence-corrected chi connectivity index (χ2v) is 6.09. The van der Waals surface area contributed by atoms with E-state index in [0.29, 0.717) is 6.42 Å². The van der Waals surface area contributed by atoms with Crippen LogP contribution in [0.4, 0.5) is 0 Å². The van der Waals surface area contributed by atoms with Crippen molar-refractivity contribution in [2.45, 2.75) is 32.0 Å². The van der Waals surface area contributed by atoms with E-state index in [-0.39, 0.29) is 6.04 Å². The summed E-state index contributed by atoms with van der Waals surface area (Å²) in [6.45, 7) is 2.06. The van der Waals surface area contributed by atoms with Gasteiger partial charge in [-0.1, -0.05) is 30.3 Å². The molecule has 2 N–H and O–H groups in total. The van der Waals surface area contributed by atoms with Gasteiger partial charge in [-0.3, -0.25) is 5.32 Å². The molecule has 0 spiro atoms. The molecule has 24 heavy (non-hydrogen) atoms. The smallest absolute Gasteiger partial charge is 0.134 e. The van der Waals surface area contributed by atoms with E-state index >= 15 is 0 Å². The summed E-state index contributed by atoms with van der Waals surface area (Å²) in [6.07, 6.45) is 0.641. The number of hydrogen-bond acceptors (Lipinski definition) is 4. The fourth-order valence-electron chi connectivity index (χ4n) is 2.89. The minimum Gasteiger partial charge on any atom is -0.497 e. The number of furan rings is 1. The Labute approximate surface area is 142 Å². The first-order valence-electron chi connectivity index (χ1n) is 8.18. The lowest BCUT2D eigenvalue weighted by atomic mass is 10.1. The molecule has 4 nitrogen and oxygen atoms in total. The number of aliphatic hydroxyl groups is 1. The molecule has 2 aromatic carbocycles. The third-order valence-electron chi connectivity index (χ3n) is 4.05. The van der Waals surface area contributed by atoms with E-state index in [9.17, 15) is 5.11 Å². The second kappa shape index (κ2) is 7.51. The Hall–Kier alpha value is -2.30. The number of fused-ring (bicyclic) bond motifs is 1. The van der Waals surface area contributed by atoms with Crippen LogP contribution in [0, 0.1) is 0 Å². The predicted octanol–water partition coefficient (Wildman–Crippen LogP) is 3.52. The number of ether oxygens (including phenoxy) is 1. The van der Waals surface area contributed by atoms with Gasteiger partial charge in [-0.25, -0.2) is 0 Å². The Morgan fingerprint density at radius 3 is 2.54 bits per heavy atom. The first kappa shape index (κ1) is 16.6. The monoisotopic (exact) mass is 325 g/mol. The average Bonchev–Trinajstić information content (AvgIpc) is 2.97. The molecular formula is C20H23NO3. The molecule has 2 unspecified atom stereocenters. The zero-order valence-electron chi connectivity index (χ0n) is 14.0. The second-order valence-electron chi connectivity index (χ2n) is 6.09. The zero-order chi connectivity index (χ0) is 16.9. The largest absolute Gasteiger partial charge is 0.497 e. The molecule has 3 rings (SSSR count). The molecule has 0 aliphatic heterocycles. The Balaban J connectivity index is 1.54. The lowest BCUT2D eigenvalue weighted by Gasteiger charge is -2.18. The summed E-state index contributed by atoms with van der Waals surface area (Å²) < 4.78 is 10.9. The maximum atomic E-state index is 10.3. The molecule has 0 amide bonds. The molecular weight excluding hydrogens is 302 g/mol. The van der Waals surface area contributed by atoms with Gasteiger partial charge in [0, 0.05) is 17.8 Å². The molecule has 1 heterocycles. The highest BCUT2D eigenvalue weighted by atomic mass is 16.5. The number of benzene rings is 2. The molecule has 0 fully saturated rings. The summed E-state index contributed by atoms with van der Waals surface area (Å²) in [5, 5.41) is 14.5. The maximum absolute atomic E-state index is 10.3. The Kier molecular flexibility index (Phi) is 5.18. The summed E-state index contributed by atoms with van der Waals surface area (Å²) in [5.41, 5.74) is 2.05. The fourth-order valence-corrected chi connectivity index (χ4v) is 2.89. The van der Waals surface area contributed by atoms with Gasteiger partial charge in [-0.15, -0.1) is 0 Å². The summed E-state index contributed by atoms with van der Waals surface area (Å²) >= 11 is 0. The molecule has 0 aliphatic rings. The van der Waals surface area contributed by atoms with Crippen molar-refractivity contribution < 1.29 is 14.3 Å². The highest BCUT2D eigenvalue weighted by Crippen LogP contribution is 2.19. The first-order valence-corrected chi connectivity index (χ1v) is 8.18. The third kappa shape index (κ3) is 4.16. The van der Waals surface area contributed by atoms with Crippen molar-refractivity contribution in [2.24, 2.45) is 0 Å². The van der Waals surface area contributed by atoms with Crippen LogP contribution < -0.4 is 10.1 Å². The Morgan fingerprint density at radius 1 is 1.08 bits per heavy atom. The number of hydrogen-bond donors (Lipinski definition) is 2. The van der Waals surface area contributed by atoms with Gasteiger partial charge in [0.05, 0.1) is 7.11 Å². The van der Waals surface area contributed by atoms with E-state index in [2.05, 4.69) is 12.2 Å². The lowest BCUT2D eigenvalue weighted by molar-refractivity contribution is 0.119. The minimum atomic E-state index is -0.640. The van der Waals surface area contributed by atoms with E-state index in [1.165, 1.54) is 5.56 Å². The van der Waals surface area contributed by atoms with Crippen molar-refractivity contribution in [1.29, 1.82) is 0 Å². The van der Waals surface area contributed by atoms with Crippen LogP contribution in [0.2, 0.25) is 0 Å². The highest BCUT2D eigenvalue weighted by molar-refractivity contribution is 5.77. The molecule has 0 saturated heterocycles. The zero-order valence-corrected chi connectivity index (χ0v) is 14.0. The van der Waals surface area contributed by atoms with Gasteiger partial charge in [0.15, 0.2) is 0 Å². The SMILES string of the molecule is COc1ccc(CC(C)NC(O)Cc2cc3ccccc3o2)cc1. The van der Waals surface area contributed by atoms with Gasteiger partial charge >= 0.3 is 0 Å².